The van der Waals surface area contributed by atoms with Crippen molar-refractivity contribution in [2.45, 2.75) is 51.3 Å². The number of anilines is 3. The van der Waals surface area contributed by atoms with Crippen molar-refractivity contribution in [2.75, 3.05) is 17.7 Å². The van der Waals surface area contributed by atoms with Crippen molar-refractivity contribution in [1.29, 1.82) is 5.26 Å². The second-order valence-corrected chi connectivity index (χ2v) is 8.25. The minimum Gasteiger partial charge on any atom is -0.444 e. The monoisotopic (exact) mass is 439 g/mol. The van der Waals surface area contributed by atoms with E-state index in [2.05, 4.69) is 41.4 Å². The third kappa shape index (κ3) is 6.00. The topological polar surface area (TPSA) is 167 Å². The largest absolute Gasteiger partial charge is 0.444 e. The molecule has 1 aliphatic carbocycles. The number of nitrogens with one attached hydrogen (secondary N) is 4. The summed E-state index contributed by atoms with van der Waals surface area (Å²) in [5, 5.41) is 28.5. The first-order chi connectivity index (χ1) is 15.2. The second-order valence-electron chi connectivity index (χ2n) is 8.25. The zero-order chi connectivity index (χ0) is 23.3. The fourth-order valence-electron chi connectivity index (χ4n) is 2.98. The lowest BCUT2D eigenvalue weighted by atomic mass is 9.86. The lowest BCUT2D eigenvalue weighted by Gasteiger charge is -2.37. The average Bonchev–Trinajstić information content (AvgIpc) is 2.71. The molecule has 12 nitrogen and oxygen atoms in total. The summed E-state index contributed by atoms with van der Waals surface area (Å²) in [4.78, 5) is 32.1. The van der Waals surface area contributed by atoms with E-state index in [1.165, 1.54) is 19.4 Å². The Bertz CT molecular complexity index is 1020. The molecule has 2 heterocycles. The van der Waals surface area contributed by atoms with Gasteiger partial charge in [-0.15, -0.1) is 10.2 Å². The maximum Gasteiger partial charge on any atom is 0.407 e. The standard InChI is InChI=1S/C20H25N9O3/c1-20(2,3)32-19(31)26-12-5-11(6-12)25-14-7-15(28-29-17(14)18(30)22-4)27-16-10-23-13(8-21)9-24-16/h7,9-12H,5-6H2,1-4H3,(H,22,30)(H,26,31)(H2,24,25,27,28). The van der Waals surface area contributed by atoms with E-state index in [0.29, 0.717) is 30.2 Å². The van der Waals surface area contributed by atoms with Crippen LogP contribution in [0.5, 0.6) is 0 Å². The Morgan fingerprint density at radius 2 is 1.88 bits per heavy atom. The van der Waals surface area contributed by atoms with Gasteiger partial charge in [0.1, 0.15) is 17.5 Å². The van der Waals surface area contributed by atoms with E-state index in [-0.39, 0.29) is 29.4 Å². The van der Waals surface area contributed by atoms with Crippen molar-refractivity contribution in [3.05, 3.63) is 29.8 Å². The first-order valence-electron chi connectivity index (χ1n) is 10.0. The van der Waals surface area contributed by atoms with Crippen LogP contribution < -0.4 is 21.3 Å². The molecule has 4 N–H and O–H groups in total. The molecule has 1 aliphatic rings. The molecule has 2 aromatic heterocycles. The Balaban J connectivity index is 1.65. The minimum absolute atomic E-state index is 0.0212. The third-order valence-corrected chi connectivity index (χ3v) is 4.48. The molecule has 0 unspecified atom stereocenters. The summed E-state index contributed by atoms with van der Waals surface area (Å²) in [6.45, 7) is 5.43. The molecule has 0 aromatic carbocycles. The van der Waals surface area contributed by atoms with E-state index >= 15 is 0 Å². The van der Waals surface area contributed by atoms with Crippen LogP contribution in [0.25, 0.3) is 0 Å². The molecule has 0 bridgehead atoms. The number of carbonyl (C=O) groups excluding carboxylic acids is 2. The smallest absolute Gasteiger partial charge is 0.407 e. The minimum atomic E-state index is -0.556. The summed E-state index contributed by atoms with van der Waals surface area (Å²) in [7, 11) is 1.51. The number of aromatic nitrogens is 4. The van der Waals surface area contributed by atoms with Gasteiger partial charge in [-0.2, -0.15) is 5.26 Å². The molecule has 1 saturated carbocycles. The van der Waals surface area contributed by atoms with Crippen LogP contribution in [0, 0.1) is 11.3 Å². The van der Waals surface area contributed by atoms with Gasteiger partial charge in [0, 0.05) is 25.2 Å². The summed E-state index contributed by atoms with van der Waals surface area (Å²) < 4.78 is 5.27. The van der Waals surface area contributed by atoms with Gasteiger partial charge in [-0.1, -0.05) is 0 Å². The van der Waals surface area contributed by atoms with E-state index in [1.807, 2.05) is 26.8 Å². The first-order valence-corrected chi connectivity index (χ1v) is 10.0. The van der Waals surface area contributed by atoms with Gasteiger partial charge in [0.2, 0.25) is 0 Å². The molecule has 32 heavy (non-hydrogen) atoms. The van der Waals surface area contributed by atoms with Crippen molar-refractivity contribution < 1.29 is 14.3 Å². The molecule has 0 spiro atoms. The SMILES string of the molecule is CNC(=O)c1nnc(Nc2cnc(C#N)cn2)cc1NC1CC(NC(=O)OC(C)(C)C)C1. The molecular weight excluding hydrogens is 414 g/mol. The lowest BCUT2D eigenvalue weighted by molar-refractivity contribution is 0.0475. The molecule has 3 rings (SSSR count). The van der Waals surface area contributed by atoms with Crippen molar-refractivity contribution >= 4 is 29.3 Å². The molecule has 1 fully saturated rings. The third-order valence-electron chi connectivity index (χ3n) is 4.48. The maximum absolute atomic E-state index is 12.2. The number of rotatable bonds is 6. The predicted octanol–water partition coefficient (Wildman–Crippen LogP) is 1.71. The molecule has 0 aliphatic heterocycles. The van der Waals surface area contributed by atoms with E-state index in [4.69, 9.17) is 10.00 Å². The van der Waals surface area contributed by atoms with Crippen LogP contribution in [-0.4, -0.2) is 56.9 Å². The Kier molecular flexibility index (Phi) is 6.67. The zero-order valence-electron chi connectivity index (χ0n) is 18.3. The number of alkyl carbamates (subject to hydrolysis) is 1. The van der Waals surface area contributed by atoms with Gasteiger partial charge in [-0.3, -0.25) is 4.79 Å². The van der Waals surface area contributed by atoms with Crippen LogP contribution in [0.2, 0.25) is 0 Å². The maximum atomic E-state index is 12.2. The number of nitrogens with zero attached hydrogens (tertiary/aromatic N) is 5. The number of nitriles is 1. The summed E-state index contributed by atoms with van der Waals surface area (Å²) in [5.74, 6) is 0.344. The van der Waals surface area contributed by atoms with Crippen LogP contribution in [0.15, 0.2) is 18.5 Å². The van der Waals surface area contributed by atoms with Gasteiger partial charge in [0.15, 0.2) is 17.2 Å². The number of ether oxygens (including phenoxy) is 1. The molecular formula is C20H25N9O3. The molecule has 0 atom stereocenters. The average molecular weight is 439 g/mol. The van der Waals surface area contributed by atoms with Crippen LogP contribution in [0.4, 0.5) is 22.1 Å². The number of hydrogen-bond donors (Lipinski definition) is 4. The molecule has 0 saturated heterocycles. The van der Waals surface area contributed by atoms with Crippen LogP contribution in [0.3, 0.4) is 0 Å². The fourth-order valence-corrected chi connectivity index (χ4v) is 2.98. The van der Waals surface area contributed by atoms with Crippen LogP contribution in [-0.2, 0) is 4.74 Å². The first kappa shape index (κ1) is 22.7. The van der Waals surface area contributed by atoms with Crippen LogP contribution in [0.1, 0.15) is 49.8 Å². The van der Waals surface area contributed by atoms with E-state index < -0.39 is 11.7 Å². The van der Waals surface area contributed by atoms with Gasteiger partial charge in [-0.25, -0.2) is 14.8 Å². The molecule has 12 heteroatoms. The number of carbonyl (C=O) groups is 2. The predicted molar refractivity (Wildman–Crippen MR) is 115 cm³/mol. The van der Waals surface area contributed by atoms with Gasteiger partial charge in [0.05, 0.1) is 18.1 Å². The Morgan fingerprint density at radius 1 is 1.12 bits per heavy atom. The van der Waals surface area contributed by atoms with Crippen molar-refractivity contribution in [2.24, 2.45) is 0 Å². The van der Waals surface area contributed by atoms with Gasteiger partial charge in [0.25, 0.3) is 5.91 Å². The molecule has 168 valence electrons. The highest BCUT2D eigenvalue weighted by atomic mass is 16.6. The van der Waals surface area contributed by atoms with Crippen molar-refractivity contribution in [1.82, 2.24) is 30.8 Å². The van der Waals surface area contributed by atoms with Crippen LogP contribution >= 0.6 is 0 Å². The molecule has 2 aromatic rings. The zero-order valence-corrected chi connectivity index (χ0v) is 18.3. The molecule has 0 radical (unpaired) electrons. The lowest BCUT2D eigenvalue weighted by Crippen LogP contribution is -2.50. The van der Waals surface area contributed by atoms with E-state index in [1.54, 1.807) is 6.07 Å². The Hall–Kier alpha value is -4.01. The quantitative estimate of drug-likeness (QED) is 0.520. The van der Waals surface area contributed by atoms with Gasteiger partial charge in [-0.05, 0) is 33.6 Å². The molecule has 2 amide bonds. The summed E-state index contributed by atoms with van der Waals surface area (Å²) in [6, 6.07) is 3.55. The van der Waals surface area contributed by atoms with Gasteiger partial charge < -0.3 is 26.0 Å². The van der Waals surface area contributed by atoms with Crippen molar-refractivity contribution in [3.8, 4) is 6.07 Å². The summed E-state index contributed by atoms with van der Waals surface area (Å²) in [5.41, 5.74) is 0.273. The van der Waals surface area contributed by atoms with E-state index in [9.17, 15) is 9.59 Å². The van der Waals surface area contributed by atoms with E-state index in [0.717, 1.165) is 0 Å². The highest BCUT2D eigenvalue weighted by Gasteiger charge is 2.32. The fraction of sp³-hybridized carbons (Fsp3) is 0.450. The van der Waals surface area contributed by atoms with Crippen molar-refractivity contribution in [3.63, 3.8) is 0 Å². The second kappa shape index (κ2) is 9.42. The number of hydrogen-bond acceptors (Lipinski definition) is 10. The highest BCUT2D eigenvalue weighted by Crippen LogP contribution is 2.27. The highest BCUT2D eigenvalue weighted by molar-refractivity contribution is 5.97. The summed E-state index contributed by atoms with van der Waals surface area (Å²) >= 11 is 0. The normalized spacial score (nSPS) is 17.3. The van der Waals surface area contributed by atoms with Gasteiger partial charge >= 0.3 is 6.09 Å². The Morgan fingerprint density at radius 3 is 2.47 bits per heavy atom. The Labute approximate surface area is 185 Å². The summed E-state index contributed by atoms with van der Waals surface area (Å²) in [6.07, 6.45) is 3.61. The number of amides is 2.